The van der Waals surface area contributed by atoms with Crippen molar-refractivity contribution >= 4 is 28.0 Å². The zero-order chi connectivity index (χ0) is 39.7. The summed E-state index contributed by atoms with van der Waals surface area (Å²) in [4.78, 5) is 10.9. The summed E-state index contributed by atoms with van der Waals surface area (Å²) < 4.78 is 0. The summed E-state index contributed by atoms with van der Waals surface area (Å²) in [6.45, 7) is 7.04. The number of allylic oxidation sites excluding steroid dienone is 1. The summed E-state index contributed by atoms with van der Waals surface area (Å²) in [5.41, 5.74) is 19.3. The number of benzene rings is 8. The van der Waals surface area contributed by atoms with Gasteiger partial charge in [-0.1, -0.05) is 190 Å². The molecule has 2 nitrogen and oxygen atoms in total. The molecule has 3 aliphatic rings. The second-order valence-electron chi connectivity index (χ2n) is 16.9. The van der Waals surface area contributed by atoms with Gasteiger partial charge in [-0.15, -0.1) is 0 Å². The van der Waals surface area contributed by atoms with Crippen molar-refractivity contribution in [1.29, 1.82) is 0 Å². The van der Waals surface area contributed by atoms with Crippen LogP contribution in [0.25, 0.3) is 38.7 Å². The molecule has 0 amide bonds. The van der Waals surface area contributed by atoms with Crippen LogP contribution in [0.15, 0.2) is 204 Å². The Bertz CT molecular complexity index is 3030. The lowest BCUT2D eigenvalue weighted by molar-refractivity contribution is 0.563. The molecule has 0 saturated heterocycles. The largest absolute Gasteiger partial charge is 0.232 e. The van der Waals surface area contributed by atoms with Crippen LogP contribution >= 0.6 is 0 Å². The van der Waals surface area contributed by atoms with Crippen molar-refractivity contribution in [1.82, 2.24) is 0 Å². The smallest absolute Gasteiger partial charge is 0.160 e. The van der Waals surface area contributed by atoms with Crippen molar-refractivity contribution in [3.63, 3.8) is 0 Å². The first kappa shape index (κ1) is 35.3. The molecular weight excluding hydrogens is 713 g/mol. The summed E-state index contributed by atoms with van der Waals surface area (Å²) in [5, 5.41) is 2.33. The predicted molar refractivity (Wildman–Crippen MR) is 247 cm³/mol. The van der Waals surface area contributed by atoms with Gasteiger partial charge in [0.2, 0.25) is 0 Å². The maximum atomic E-state index is 5.51. The molecule has 1 heterocycles. The first-order valence-electron chi connectivity index (χ1n) is 20.9. The first-order valence-corrected chi connectivity index (χ1v) is 20.9. The van der Waals surface area contributed by atoms with E-state index in [-0.39, 0.29) is 5.41 Å². The molecule has 2 aliphatic carbocycles. The third-order valence-electron chi connectivity index (χ3n) is 13.3. The molecule has 2 heteroatoms. The third kappa shape index (κ3) is 5.40. The van der Waals surface area contributed by atoms with Crippen LogP contribution in [0.2, 0.25) is 0 Å². The van der Waals surface area contributed by atoms with Crippen LogP contribution in [0.3, 0.4) is 0 Å². The normalized spacial score (nSPS) is 16.0. The zero-order valence-corrected chi connectivity index (χ0v) is 33.7. The molecule has 1 aliphatic heterocycles. The zero-order valence-electron chi connectivity index (χ0n) is 33.7. The SMILES string of the molecule is CC1=C(c2ccccc2)N=C(c2cccc3ccccc23)N=C(c2cccc(-c3ccc4c(c3)C(C)(C)c3ccccc3C43c4ccccc4-c4ccccc43)c2)CC1. The molecule has 0 saturated carbocycles. The van der Waals surface area contributed by atoms with Crippen LogP contribution in [0, 0.1) is 0 Å². The van der Waals surface area contributed by atoms with Crippen LogP contribution in [0.1, 0.15) is 83.7 Å². The number of hydrogen-bond acceptors (Lipinski definition) is 2. The molecule has 0 aromatic heterocycles. The van der Waals surface area contributed by atoms with E-state index in [1.54, 1.807) is 0 Å². The van der Waals surface area contributed by atoms with Crippen LogP contribution in [-0.2, 0) is 10.8 Å². The predicted octanol–water partition coefficient (Wildman–Crippen LogP) is 14.0. The van der Waals surface area contributed by atoms with Crippen LogP contribution in [0.5, 0.6) is 0 Å². The van der Waals surface area contributed by atoms with Crippen molar-refractivity contribution in [3.05, 3.63) is 244 Å². The Morgan fingerprint density at radius 1 is 0.407 bits per heavy atom. The number of aliphatic imine (C=N–C) groups is 2. The Balaban J connectivity index is 1.07. The van der Waals surface area contributed by atoms with E-state index >= 15 is 0 Å². The summed E-state index contributed by atoms with van der Waals surface area (Å²) in [7, 11) is 0. The van der Waals surface area contributed by atoms with E-state index in [9.17, 15) is 0 Å². The molecule has 0 atom stereocenters. The van der Waals surface area contributed by atoms with Gasteiger partial charge in [0.25, 0.3) is 0 Å². The summed E-state index contributed by atoms with van der Waals surface area (Å²) >= 11 is 0. The van der Waals surface area contributed by atoms with Gasteiger partial charge in [-0.2, -0.15) is 0 Å². The fraction of sp³-hybridized carbons (Fsp3) is 0.123. The Labute approximate surface area is 347 Å². The van der Waals surface area contributed by atoms with Gasteiger partial charge < -0.3 is 0 Å². The number of hydrogen-bond donors (Lipinski definition) is 0. The van der Waals surface area contributed by atoms with E-state index in [4.69, 9.17) is 9.98 Å². The summed E-state index contributed by atoms with van der Waals surface area (Å²) in [5.74, 6) is 0.747. The Morgan fingerprint density at radius 3 is 1.75 bits per heavy atom. The van der Waals surface area contributed by atoms with Crippen LogP contribution in [0.4, 0.5) is 0 Å². The summed E-state index contributed by atoms with van der Waals surface area (Å²) in [6.07, 6.45) is 1.68. The van der Waals surface area contributed by atoms with Crippen LogP contribution < -0.4 is 0 Å². The molecule has 1 spiro atoms. The number of amidine groups is 1. The molecule has 0 fully saturated rings. The second kappa shape index (κ2) is 13.6. The van der Waals surface area contributed by atoms with E-state index in [0.29, 0.717) is 0 Å². The molecular formula is C57H44N2. The molecule has 0 radical (unpaired) electrons. The quantitative estimate of drug-likeness (QED) is 0.171. The lowest BCUT2D eigenvalue weighted by Crippen LogP contribution is -2.40. The molecule has 0 N–H and O–H groups in total. The van der Waals surface area contributed by atoms with Gasteiger partial charge in [-0.25, -0.2) is 9.98 Å². The molecule has 282 valence electrons. The van der Waals surface area contributed by atoms with E-state index in [0.717, 1.165) is 52.2 Å². The average Bonchev–Trinajstić information content (AvgIpc) is 3.58. The van der Waals surface area contributed by atoms with Gasteiger partial charge in [-0.3, -0.25) is 0 Å². The highest BCUT2D eigenvalue weighted by Crippen LogP contribution is 2.62. The van der Waals surface area contributed by atoms with Gasteiger partial charge in [-0.05, 0) is 109 Å². The highest BCUT2D eigenvalue weighted by Gasteiger charge is 2.53. The molecule has 11 rings (SSSR count). The average molecular weight is 757 g/mol. The van der Waals surface area contributed by atoms with Crippen molar-refractivity contribution in [2.24, 2.45) is 9.98 Å². The number of fused-ring (bicyclic) bond motifs is 10. The number of nitrogens with zero attached hydrogens (tertiary/aromatic N) is 2. The van der Waals surface area contributed by atoms with E-state index in [1.807, 2.05) is 0 Å². The third-order valence-corrected chi connectivity index (χ3v) is 13.3. The van der Waals surface area contributed by atoms with Gasteiger partial charge in [0.1, 0.15) is 0 Å². The topological polar surface area (TPSA) is 24.7 Å². The minimum atomic E-state index is -0.399. The maximum absolute atomic E-state index is 5.51. The lowest BCUT2D eigenvalue weighted by atomic mass is 9.55. The van der Waals surface area contributed by atoms with Crippen molar-refractivity contribution in [2.75, 3.05) is 0 Å². The minimum Gasteiger partial charge on any atom is -0.232 e. The van der Waals surface area contributed by atoms with Gasteiger partial charge in [0, 0.05) is 16.5 Å². The monoisotopic (exact) mass is 756 g/mol. The van der Waals surface area contributed by atoms with Crippen molar-refractivity contribution in [2.45, 2.75) is 44.4 Å². The van der Waals surface area contributed by atoms with E-state index < -0.39 is 5.41 Å². The molecule has 0 bridgehead atoms. The molecule has 59 heavy (non-hydrogen) atoms. The van der Waals surface area contributed by atoms with Gasteiger partial charge in [0.15, 0.2) is 5.84 Å². The lowest BCUT2D eigenvalue weighted by Gasteiger charge is -2.46. The molecule has 8 aromatic rings. The molecule has 8 aromatic carbocycles. The fourth-order valence-corrected chi connectivity index (χ4v) is 10.4. The molecule has 0 unspecified atom stereocenters. The summed E-state index contributed by atoms with van der Waals surface area (Å²) in [6, 6.07) is 69.1. The second-order valence-corrected chi connectivity index (χ2v) is 16.9. The Kier molecular flexibility index (Phi) is 8.13. The van der Waals surface area contributed by atoms with E-state index in [1.165, 1.54) is 66.6 Å². The maximum Gasteiger partial charge on any atom is 0.160 e. The van der Waals surface area contributed by atoms with E-state index in [2.05, 4.69) is 209 Å². The Morgan fingerprint density at radius 2 is 0.966 bits per heavy atom. The van der Waals surface area contributed by atoms with Gasteiger partial charge >= 0.3 is 0 Å². The Hall–Kier alpha value is -6.90. The number of rotatable bonds is 4. The fourth-order valence-electron chi connectivity index (χ4n) is 10.4. The highest BCUT2D eigenvalue weighted by atomic mass is 14.9. The van der Waals surface area contributed by atoms with Crippen LogP contribution in [-0.4, -0.2) is 11.5 Å². The van der Waals surface area contributed by atoms with Crippen molar-refractivity contribution < 1.29 is 0 Å². The highest BCUT2D eigenvalue weighted by molar-refractivity contribution is 6.18. The van der Waals surface area contributed by atoms with Crippen molar-refractivity contribution in [3.8, 4) is 22.3 Å². The first-order chi connectivity index (χ1) is 28.9. The minimum absolute atomic E-state index is 0.217. The standard InChI is InChI=1S/C57H44N2/c1-37-31-34-53(58-55(59-54(37)39-18-5-4-6-19-39)46-26-16-20-38-17-7-8-23-43(38)46)42-22-15-21-40(35-42)41-32-33-51-52(36-41)56(2,3)49-29-13-14-30-50(49)57(51)47-27-11-9-24-44(47)45-25-10-12-28-48(45)57/h4-30,32-33,35-36H,31,34H2,1-3H3. The van der Waals surface area contributed by atoms with Gasteiger partial charge in [0.05, 0.1) is 16.8 Å².